The van der Waals surface area contributed by atoms with E-state index in [0.717, 1.165) is 30.4 Å². The fraction of sp³-hybridized carbons (Fsp3) is 0.280. The van der Waals surface area contributed by atoms with Crippen molar-refractivity contribution in [2.75, 3.05) is 0 Å². The summed E-state index contributed by atoms with van der Waals surface area (Å²) in [5, 5.41) is 7.53. The predicted molar refractivity (Wildman–Crippen MR) is 121 cm³/mol. The second kappa shape index (κ2) is 8.42. The van der Waals surface area contributed by atoms with Crippen molar-refractivity contribution in [1.29, 1.82) is 0 Å². The molecule has 5 rings (SSSR count). The summed E-state index contributed by atoms with van der Waals surface area (Å²) in [5.74, 6) is -0.0808. The van der Waals surface area contributed by atoms with Crippen LogP contribution in [0, 0.1) is 6.92 Å². The molecule has 0 spiro atoms. The van der Waals surface area contributed by atoms with E-state index in [0.29, 0.717) is 11.1 Å². The first-order chi connectivity index (χ1) is 15.6. The highest BCUT2D eigenvalue weighted by atomic mass is 16.5. The number of nitrogens with zero attached hydrogens (tertiary/aromatic N) is 3. The minimum atomic E-state index is -0.261. The maximum absolute atomic E-state index is 13.1. The first kappa shape index (κ1) is 20.2. The summed E-state index contributed by atoms with van der Waals surface area (Å²) in [6.07, 6.45) is 4.63. The molecular weight excluding hydrogens is 404 g/mol. The van der Waals surface area contributed by atoms with Gasteiger partial charge in [0, 0.05) is 18.5 Å². The van der Waals surface area contributed by atoms with Gasteiger partial charge in [-0.1, -0.05) is 59.3 Å². The van der Waals surface area contributed by atoms with Crippen molar-refractivity contribution in [2.24, 2.45) is 0 Å². The van der Waals surface area contributed by atoms with Crippen LogP contribution in [0.3, 0.4) is 0 Å². The molecule has 0 bridgehead atoms. The van der Waals surface area contributed by atoms with Crippen molar-refractivity contribution >= 4 is 17.0 Å². The van der Waals surface area contributed by atoms with Gasteiger partial charge < -0.3 is 9.84 Å². The van der Waals surface area contributed by atoms with Crippen LogP contribution in [0.1, 0.15) is 42.0 Å². The zero-order valence-electron chi connectivity index (χ0n) is 17.9. The summed E-state index contributed by atoms with van der Waals surface area (Å²) < 4.78 is 6.73. The average Bonchev–Trinajstić information content (AvgIpc) is 3.24. The van der Waals surface area contributed by atoms with E-state index in [9.17, 15) is 9.59 Å². The van der Waals surface area contributed by atoms with Gasteiger partial charge in [-0.05, 0) is 37.3 Å². The highest BCUT2D eigenvalue weighted by Gasteiger charge is 2.22. The summed E-state index contributed by atoms with van der Waals surface area (Å²) in [7, 11) is 0. The van der Waals surface area contributed by atoms with E-state index >= 15 is 0 Å². The molecular formula is C25H24N4O3. The Morgan fingerprint density at radius 3 is 2.84 bits per heavy atom. The van der Waals surface area contributed by atoms with Gasteiger partial charge in [0.2, 0.25) is 5.91 Å². The van der Waals surface area contributed by atoms with E-state index in [2.05, 4.69) is 27.6 Å². The Morgan fingerprint density at radius 1 is 1.19 bits per heavy atom. The molecule has 7 heteroatoms. The van der Waals surface area contributed by atoms with Crippen LogP contribution in [-0.4, -0.2) is 20.6 Å². The van der Waals surface area contributed by atoms with Gasteiger partial charge in [-0.25, -0.2) is 4.98 Å². The number of carbonyl (C=O) groups excluding carboxylic acids is 1. The van der Waals surface area contributed by atoms with Crippen molar-refractivity contribution in [2.45, 2.75) is 45.2 Å². The van der Waals surface area contributed by atoms with Crippen molar-refractivity contribution in [3.63, 3.8) is 0 Å². The molecule has 1 N–H and O–H groups in total. The molecule has 1 amide bonds. The minimum Gasteiger partial charge on any atom is -0.349 e. The normalized spacial score (nSPS) is 15.5. The fourth-order valence-electron chi connectivity index (χ4n) is 4.34. The third kappa shape index (κ3) is 3.82. The lowest BCUT2D eigenvalue weighted by Crippen LogP contribution is -2.32. The average molecular weight is 428 g/mol. The lowest BCUT2D eigenvalue weighted by molar-refractivity contribution is -0.122. The van der Waals surface area contributed by atoms with E-state index in [1.165, 1.54) is 22.0 Å². The second-order valence-electron chi connectivity index (χ2n) is 8.28. The number of rotatable bonds is 5. The Kier molecular flexibility index (Phi) is 5.31. The van der Waals surface area contributed by atoms with Gasteiger partial charge in [-0.15, -0.1) is 0 Å². The summed E-state index contributed by atoms with van der Waals surface area (Å²) in [6, 6.07) is 16.0. The predicted octanol–water partition coefficient (Wildman–Crippen LogP) is 3.94. The second-order valence-corrected chi connectivity index (χ2v) is 8.28. The number of fused-ring (bicyclic) bond motifs is 2. The molecule has 4 aromatic rings. The fourth-order valence-corrected chi connectivity index (χ4v) is 4.34. The molecule has 32 heavy (non-hydrogen) atoms. The van der Waals surface area contributed by atoms with E-state index in [1.807, 2.05) is 43.3 Å². The maximum atomic E-state index is 13.1. The number of benzene rings is 2. The topological polar surface area (TPSA) is 90.0 Å². The van der Waals surface area contributed by atoms with Crippen LogP contribution >= 0.6 is 0 Å². The summed E-state index contributed by atoms with van der Waals surface area (Å²) >= 11 is 0. The Balaban J connectivity index is 1.33. The van der Waals surface area contributed by atoms with Gasteiger partial charge in [0.1, 0.15) is 17.4 Å². The molecule has 0 fully saturated rings. The molecule has 7 nitrogen and oxygen atoms in total. The molecule has 0 saturated carbocycles. The van der Waals surface area contributed by atoms with Gasteiger partial charge in [0.05, 0.1) is 6.04 Å². The van der Waals surface area contributed by atoms with Crippen LogP contribution in [0.5, 0.6) is 0 Å². The van der Waals surface area contributed by atoms with E-state index < -0.39 is 0 Å². The summed E-state index contributed by atoms with van der Waals surface area (Å²) in [5.41, 5.74) is 4.80. The van der Waals surface area contributed by atoms with Crippen LogP contribution < -0.4 is 10.9 Å². The highest BCUT2D eigenvalue weighted by Crippen LogP contribution is 2.29. The van der Waals surface area contributed by atoms with Crippen LogP contribution in [0.15, 0.2) is 64.2 Å². The molecule has 1 atom stereocenters. The van der Waals surface area contributed by atoms with Gasteiger partial charge in [-0.2, -0.15) is 0 Å². The Labute approximate surface area is 185 Å². The van der Waals surface area contributed by atoms with Gasteiger partial charge in [0.15, 0.2) is 0 Å². The molecule has 162 valence electrons. The molecule has 0 radical (unpaired) electrons. The Bertz CT molecular complexity index is 1340. The largest absolute Gasteiger partial charge is 0.349 e. The van der Waals surface area contributed by atoms with Crippen LogP contribution in [-0.2, 0) is 17.8 Å². The number of hydrogen-bond donors (Lipinski definition) is 1. The molecule has 2 aromatic carbocycles. The third-order valence-electron chi connectivity index (χ3n) is 6.07. The van der Waals surface area contributed by atoms with Crippen LogP contribution in [0.2, 0.25) is 0 Å². The van der Waals surface area contributed by atoms with Crippen molar-refractivity contribution in [3.8, 4) is 11.3 Å². The first-order valence-electron chi connectivity index (χ1n) is 10.9. The SMILES string of the molecule is Cc1ccc(-c2noc3ncn(CCC(=O)NC4CCCc5ccccc54)c(=O)c23)cc1. The lowest BCUT2D eigenvalue weighted by Gasteiger charge is -2.26. The molecule has 1 unspecified atom stereocenters. The van der Waals surface area contributed by atoms with E-state index in [-0.39, 0.29) is 36.2 Å². The maximum Gasteiger partial charge on any atom is 0.266 e. The Hall–Kier alpha value is -3.74. The molecule has 1 aliphatic rings. The van der Waals surface area contributed by atoms with E-state index in [4.69, 9.17) is 4.52 Å². The Morgan fingerprint density at radius 2 is 2.00 bits per heavy atom. The molecule has 1 aliphatic carbocycles. The quantitative estimate of drug-likeness (QED) is 0.520. The summed E-state index contributed by atoms with van der Waals surface area (Å²) in [4.78, 5) is 30.0. The number of carbonyl (C=O) groups is 1. The zero-order valence-corrected chi connectivity index (χ0v) is 17.9. The van der Waals surface area contributed by atoms with Crippen molar-refractivity contribution in [3.05, 3.63) is 81.9 Å². The number of amides is 1. The number of hydrogen-bond acceptors (Lipinski definition) is 5. The van der Waals surface area contributed by atoms with Gasteiger partial charge >= 0.3 is 0 Å². The highest BCUT2D eigenvalue weighted by molar-refractivity contribution is 5.88. The minimum absolute atomic E-state index is 0.0241. The van der Waals surface area contributed by atoms with Gasteiger partial charge in [0.25, 0.3) is 11.3 Å². The first-order valence-corrected chi connectivity index (χ1v) is 10.9. The lowest BCUT2D eigenvalue weighted by atomic mass is 9.88. The van der Waals surface area contributed by atoms with E-state index in [1.54, 1.807) is 0 Å². The van der Waals surface area contributed by atoms with Crippen molar-refractivity contribution < 1.29 is 9.32 Å². The molecule has 2 heterocycles. The van der Waals surface area contributed by atoms with Crippen LogP contribution in [0.4, 0.5) is 0 Å². The smallest absolute Gasteiger partial charge is 0.266 e. The number of aryl methyl sites for hydroxylation is 3. The van der Waals surface area contributed by atoms with Crippen LogP contribution in [0.25, 0.3) is 22.4 Å². The monoisotopic (exact) mass is 428 g/mol. The molecule has 2 aromatic heterocycles. The number of aromatic nitrogens is 3. The van der Waals surface area contributed by atoms with Gasteiger partial charge in [-0.3, -0.25) is 14.2 Å². The standard InChI is InChI=1S/C25H24N4O3/c1-16-9-11-18(12-10-16)23-22-24(32-28-23)26-15-29(25(22)31)14-13-21(30)27-20-8-4-6-17-5-2-3-7-19(17)20/h2-3,5,7,9-12,15,20H,4,6,8,13-14H2,1H3,(H,27,30). The molecule has 0 saturated heterocycles. The summed E-state index contributed by atoms with van der Waals surface area (Å²) in [6.45, 7) is 2.23. The number of nitrogens with one attached hydrogen (secondary N) is 1. The van der Waals surface area contributed by atoms with Crippen molar-refractivity contribution in [1.82, 2.24) is 20.0 Å². The molecule has 0 aliphatic heterocycles. The third-order valence-corrected chi connectivity index (χ3v) is 6.07. The zero-order chi connectivity index (χ0) is 22.1.